The zero-order valence-electron chi connectivity index (χ0n) is 16.4. The summed E-state index contributed by atoms with van der Waals surface area (Å²) >= 11 is 1.70. The average Bonchev–Trinajstić information content (AvgIpc) is 3.04. The molecule has 0 amide bonds. The lowest BCUT2D eigenvalue weighted by Crippen LogP contribution is -2.25. The third-order valence-corrected chi connectivity index (χ3v) is 5.16. The highest BCUT2D eigenvalue weighted by atomic mass is 32.1. The molecule has 0 atom stereocenters. The highest BCUT2D eigenvalue weighted by molar-refractivity contribution is 7.13. The van der Waals surface area contributed by atoms with Crippen LogP contribution in [0.1, 0.15) is 15.3 Å². The molecule has 28 heavy (non-hydrogen) atoms. The fraction of sp³-hybridized carbons (Fsp3) is 0.316. The molecule has 0 unspecified atom stereocenters. The van der Waals surface area contributed by atoms with Gasteiger partial charge >= 0.3 is 0 Å². The first-order chi connectivity index (χ1) is 13.6. The Balaban J connectivity index is 1.86. The summed E-state index contributed by atoms with van der Waals surface area (Å²) in [6.07, 6.45) is 5.19. The van der Waals surface area contributed by atoms with E-state index in [1.165, 1.54) is 10.4 Å². The molecule has 146 valence electrons. The van der Waals surface area contributed by atoms with Gasteiger partial charge in [0.05, 0.1) is 12.8 Å². The number of ether oxygens (including phenoxy) is 1. The molecule has 0 spiro atoms. The number of rotatable bonds is 8. The second-order valence-electron chi connectivity index (χ2n) is 6.19. The van der Waals surface area contributed by atoms with E-state index in [9.17, 15) is 0 Å². The second kappa shape index (κ2) is 9.34. The van der Waals surface area contributed by atoms with Gasteiger partial charge in [0, 0.05) is 48.4 Å². The van der Waals surface area contributed by atoms with Crippen molar-refractivity contribution in [2.24, 2.45) is 5.10 Å². The fourth-order valence-corrected chi connectivity index (χ4v) is 3.28. The minimum absolute atomic E-state index is 0.377. The van der Waals surface area contributed by atoms with Gasteiger partial charge in [-0.25, -0.2) is 5.43 Å². The maximum absolute atomic E-state index is 5.15. The Bertz CT molecular complexity index is 923. The molecule has 3 aromatic rings. The minimum atomic E-state index is 0.377. The summed E-state index contributed by atoms with van der Waals surface area (Å²) < 4.78 is 5.15. The van der Waals surface area contributed by atoms with Gasteiger partial charge in [-0.05, 0) is 37.6 Å². The number of likely N-dealkylation sites (N-methyl/N-ethyl adjacent to an activating group) is 1. The first-order valence-electron chi connectivity index (χ1n) is 8.79. The topological polar surface area (TPSA) is 88.4 Å². The predicted molar refractivity (Wildman–Crippen MR) is 113 cm³/mol. The summed E-state index contributed by atoms with van der Waals surface area (Å²) in [5.74, 6) is 1.47. The van der Waals surface area contributed by atoms with E-state index in [1.807, 2.05) is 24.1 Å². The first kappa shape index (κ1) is 19.8. The summed E-state index contributed by atoms with van der Waals surface area (Å²) in [5.41, 5.74) is 5.04. The molecule has 0 aromatic carbocycles. The molecular formula is C19H23N7OS. The van der Waals surface area contributed by atoms with Crippen LogP contribution < -0.4 is 10.3 Å². The lowest BCUT2D eigenvalue weighted by atomic mass is 10.2. The van der Waals surface area contributed by atoms with Crippen molar-refractivity contribution in [3.05, 3.63) is 45.9 Å². The molecular weight excluding hydrogens is 374 g/mol. The van der Waals surface area contributed by atoms with Crippen LogP contribution >= 0.6 is 11.3 Å². The molecule has 1 N–H and O–H groups in total. The van der Waals surface area contributed by atoms with E-state index >= 15 is 0 Å². The highest BCUT2D eigenvalue weighted by Crippen LogP contribution is 2.20. The molecule has 0 bridgehead atoms. The SMILES string of the molecule is COCCN(C)c1nc(NN=Cc2cc(C)c(C)s2)nc(-c2ccncc2)n1. The monoisotopic (exact) mass is 397 g/mol. The van der Waals surface area contributed by atoms with Crippen LogP contribution in [0.3, 0.4) is 0 Å². The van der Waals surface area contributed by atoms with Crippen molar-refractivity contribution in [2.75, 3.05) is 37.6 Å². The quantitative estimate of drug-likeness (QED) is 0.461. The number of methoxy groups -OCH3 is 1. The van der Waals surface area contributed by atoms with Crippen molar-refractivity contribution in [1.29, 1.82) is 0 Å². The molecule has 0 saturated heterocycles. The Hall–Kier alpha value is -2.91. The molecule has 0 aliphatic carbocycles. The number of anilines is 2. The number of hydrogen-bond acceptors (Lipinski definition) is 9. The van der Waals surface area contributed by atoms with Crippen LogP contribution in [0.15, 0.2) is 35.7 Å². The molecule has 3 rings (SSSR count). The molecule has 0 fully saturated rings. The summed E-state index contributed by atoms with van der Waals surface area (Å²) in [4.78, 5) is 21.9. The van der Waals surface area contributed by atoms with Crippen molar-refractivity contribution in [2.45, 2.75) is 13.8 Å². The molecule has 9 heteroatoms. The minimum Gasteiger partial charge on any atom is -0.383 e. The second-order valence-corrected chi connectivity index (χ2v) is 7.48. The van der Waals surface area contributed by atoms with Gasteiger partial charge in [-0.15, -0.1) is 11.3 Å². The van der Waals surface area contributed by atoms with Crippen LogP contribution in [0, 0.1) is 13.8 Å². The van der Waals surface area contributed by atoms with E-state index < -0.39 is 0 Å². The van der Waals surface area contributed by atoms with E-state index in [4.69, 9.17) is 4.74 Å². The first-order valence-corrected chi connectivity index (χ1v) is 9.61. The third kappa shape index (κ3) is 5.08. The largest absolute Gasteiger partial charge is 0.383 e. The van der Waals surface area contributed by atoms with Crippen LogP contribution in [0.4, 0.5) is 11.9 Å². The number of hydrogen-bond donors (Lipinski definition) is 1. The van der Waals surface area contributed by atoms with Crippen molar-refractivity contribution in [3.63, 3.8) is 0 Å². The third-order valence-electron chi connectivity index (χ3n) is 4.08. The van der Waals surface area contributed by atoms with Crippen LogP contribution in [0.25, 0.3) is 11.4 Å². The zero-order valence-corrected chi connectivity index (χ0v) is 17.2. The van der Waals surface area contributed by atoms with E-state index in [2.05, 4.69) is 50.4 Å². The normalized spacial score (nSPS) is 11.1. The molecule has 0 aliphatic heterocycles. The summed E-state index contributed by atoms with van der Waals surface area (Å²) in [6.45, 7) is 5.42. The van der Waals surface area contributed by atoms with Crippen molar-refractivity contribution >= 4 is 29.4 Å². The van der Waals surface area contributed by atoms with Crippen LogP contribution in [0.5, 0.6) is 0 Å². The van der Waals surface area contributed by atoms with Gasteiger partial charge in [0.2, 0.25) is 11.9 Å². The van der Waals surface area contributed by atoms with Gasteiger partial charge in [-0.2, -0.15) is 20.1 Å². The molecule has 8 nitrogen and oxygen atoms in total. The Morgan fingerprint density at radius 1 is 1.21 bits per heavy atom. The molecule has 0 radical (unpaired) electrons. The Labute approximate surface area is 168 Å². The van der Waals surface area contributed by atoms with Gasteiger partial charge in [0.15, 0.2) is 5.82 Å². The molecule has 0 saturated carbocycles. The molecule has 3 aromatic heterocycles. The summed E-state index contributed by atoms with van der Waals surface area (Å²) in [6, 6.07) is 5.82. The van der Waals surface area contributed by atoms with Gasteiger partial charge in [0.1, 0.15) is 0 Å². The van der Waals surface area contributed by atoms with Gasteiger partial charge < -0.3 is 9.64 Å². The number of aromatic nitrogens is 4. The van der Waals surface area contributed by atoms with Crippen molar-refractivity contribution in [1.82, 2.24) is 19.9 Å². The Kier molecular flexibility index (Phi) is 6.62. The summed E-state index contributed by atoms with van der Waals surface area (Å²) in [5, 5.41) is 4.29. The highest BCUT2D eigenvalue weighted by Gasteiger charge is 2.12. The number of aryl methyl sites for hydroxylation is 2. The number of nitrogens with one attached hydrogen (secondary N) is 1. The van der Waals surface area contributed by atoms with Crippen molar-refractivity contribution < 1.29 is 4.74 Å². The van der Waals surface area contributed by atoms with Crippen LogP contribution in [-0.2, 0) is 4.74 Å². The lowest BCUT2D eigenvalue weighted by Gasteiger charge is -2.17. The number of pyridine rings is 1. The fourth-order valence-electron chi connectivity index (χ4n) is 2.36. The maximum Gasteiger partial charge on any atom is 0.248 e. The van der Waals surface area contributed by atoms with Crippen molar-refractivity contribution in [3.8, 4) is 11.4 Å². The lowest BCUT2D eigenvalue weighted by molar-refractivity contribution is 0.206. The average molecular weight is 398 g/mol. The molecule has 3 heterocycles. The zero-order chi connectivity index (χ0) is 19.9. The smallest absolute Gasteiger partial charge is 0.248 e. The van der Waals surface area contributed by atoms with Crippen LogP contribution in [-0.4, -0.2) is 53.5 Å². The van der Waals surface area contributed by atoms with Gasteiger partial charge in [0.25, 0.3) is 0 Å². The summed E-state index contributed by atoms with van der Waals surface area (Å²) in [7, 11) is 3.58. The van der Waals surface area contributed by atoms with Crippen LogP contribution in [0.2, 0.25) is 0 Å². The Morgan fingerprint density at radius 2 is 2.00 bits per heavy atom. The Morgan fingerprint density at radius 3 is 2.68 bits per heavy atom. The standard InChI is InChI=1S/C19H23N7OS/c1-13-11-16(28-14(13)2)12-21-25-18-22-17(15-5-7-20-8-6-15)23-19(24-18)26(3)9-10-27-4/h5-8,11-12H,9-10H2,1-4H3,(H,22,23,24,25). The van der Waals surface area contributed by atoms with Gasteiger partial charge in [-0.1, -0.05) is 0 Å². The van der Waals surface area contributed by atoms with Gasteiger partial charge in [-0.3, -0.25) is 4.98 Å². The predicted octanol–water partition coefficient (Wildman–Crippen LogP) is 3.14. The number of hydrazone groups is 1. The molecule has 0 aliphatic rings. The maximum atomic E-state index is 5.15. The van der Waals surface area contributed by atoms with E-state index in [-0.39, 0.29) is 0 Å². The van der Waals surface area contributed by atoms with E-state index in [1.54, 1.807) is 37.1 Å². The van der Waals surface area contributed by atoms with E-state index in [0.717, 1.165) is 10.4 Å². The number of nitrogens with zero attached hydrogens (tertiary/aromatic N) is 6. The number of thiophene rings is 1. The van der Waals surface area contributed by atoms with E-state index in [0.29, 0.717) is 30.9 Å².